The van der Waals surface area contributed by atoms with E-state index in [1.54, 1.807) is 0 Å². The van der Waals surface area contributed by atoms with Gasteiger partial charge in [-0.15, -0.1) is 0 Å². The molecule has 0 atom stereocenters. The molecule has 0 saturated carbocycles. The molecule has 0 aliphatic rings. The van der Waals surface area contributed by atoms with Crippen LogP contribution in [0.15, 0.2) is 164 Å². The van der Waals surface area contributed by atoms with Crippen LogP contribution in [-0.4, -0.2) is 4.57 Å². The lowest BCUT2D eigenvalue weighted by atomic mass is 9.93. The average molecular weight is 562 g/mol. The number of fused-ring (bicyclic) bond motifs is 6. The van der Waals surface area contributed by atoms with E-state index in [2.05, 4.69) is 174 Å². The molecule has 8 rings (SSSR count). The standard InChI is InChI=1S/C43H31N/c1-2-3-4-12-34-29-35-28-33(23-26-38(35)39-16-6-5-15-37(34)39)32-14-11-13-31(27-32)30-21-24-36(25-22-30)44-42-19-9-7-17-40(42)41-18-8-10-20-43(41)44/h2-29H,1H3/b3-2-,12-4-. The van der Waals surface area contributed by atoms with Gasteiger partial charge in [-0.05, 0) is 98.8 Å². The van der Waals surface area contributed by atoms with Gasteiger partial charge in [-0.3, -0.25) is 0 Å². The first-order valence-corrected chi connectivity index (χ1v) is 15.2. The van der Waals surface area contributed by atoms with Crippen molar-refractivity contribution in [3.8, 4) is 27.9 Å². The van der Waals surface area contributed by atoms with Gasteiger partial charge in [0.1, 0.15) is 0 Å². The summed E-state index contributed by atoms with van der Waals surface area (Å²) < 4.78 is 2.37. The highest BCUT2D eigenvalue weighted by Gasteiger charge is 2.12. The normalized spacial score (nSPS) is 12.0. The summed E-state index contributed by atoms with van der Waals surface area (Å²) in [6.45, 7) is 2.05. The van der Waals surface area contributed by atoms with Crippen LogP contribution in [0.2, 0.25) is 0 Å². The molecule has 1 heterocycles. The van der Waals surface area contributed by atoms with Crippen molar-refractivity contribution in [1.29, 1.82) is 0 Å². The van der Waals surface area contributed by atoms with E-state index in [9.17, 15) is 0 Å². The Labute approximate surface area is 257 Å². The lowest BCUT2D eigenvalue weighted by molar-refractivity contribution is 1.18. The molecular weight excluding hydrogens is 530 g/mol. The summed E-state index contributed by atoms with van der Waals surface area (Å²) in [6, 6.07) is 53.1. The van der Waals surface area contributed by atoms with Gasteiger partial charge in [0.2, 0.25) is 0 Å². The average Bonchev–Trinajstić information content (AvgIpc) is 3.43. The molecule has 0 spiro atoms. The summed E-state index contributed by atoms with van der Waals surface area (Å²) >= 11 is 0. The van der Waals surface area contributed by atoms with Crippen LogP contribution >= 0.6 is 0 Å². The predicted octanol–water partition coefficient (Wildman–Crippen LogP) is 12.0. The molecule has 0 N–H and O–H groups in total. The van der Waals surface area contributed by atoms with Crippen LogP contribution in [0.25, 0.3) is 77.4 Å². The fraction of sp³-hybridized carbons (Fsp3) is 0.0233. The minimum absolute atomic E-state index is 1.17. The maximum Gasteiger partial charge on any atom is 0.0541 e. The Kier molecular flexibility index (Phi) is 6.43. The van der Waals surface area contributed by atoms with Crippen molar-refractivity contribution in [2.24, 2.45) is 0 Å². The number of aromatic nitrogens is 1. The highest BCUT2D eigenvalue weighted by Crippen LogP contribution is 2.35. The van der Waals surface area contributed by atoms with E-state index in [0.29, 0.717) is 0 Å². The largest absolute Gasteiger partial charge is 0.309 e. The van der Waals surface area contributed by atoms with E-state index in [1.807, 2.05) is 6.92 Å². The minimum atomic E-state index is 1.17. The van der Waals surface area contributed by atoms with Gasteiger partial charge in [0, 0.05) is 16.5 Å². The van der Waals surface area contributed by atoms with Gasteiger partial charge in [0.05, 0.1) is 11.0 Å². The first-order chi connectivity index (χ1) is 21.8. The Balaban J connectivity index is 1.18. The second kappa shape index (κ2) is 10.9. The van der Waals surface area contributed by atoms with E-state index in [1.165, 1.54) is 76.9 Å². The molecule has 0 unspecified atom stereocenters. The SMILES string of the molecule is C/C=C\C=C/c1cc2cc(-c3cccc(-c4ccc(-n5c6ccccc6c6ccccc65)cc4)c3)ccc2c2ccccc12. The highest BCUT2D eigenvalue weighted by atomic mass is 15.0. The van der Waals surface area contributed by atoms with E-state index < -0.39 is 0 Å². The second-order valence-corrected chi connectivity index (χ2v) is 11.3. The Morgan fingerprint density at radius 3 is 1.73 bits per heavy atom. The molecule has 0 aliphatic carbocycles. The third kappa shape index (κ3) is 4.42. The maximum atomic E-state index is 2.37. The third-order valence-corrected chi connectivity index (χ3v) is 8.70. The summed E-state index contributed by atoms with van der Waals surface area (Å²) in [6.07, 6.45) is 8.46. The molecule has 0 aliphatic heterocycles. The Hall–Kier alpha value is -5.66. The predicted molar refractivity (Wildman–Crippen MR) is 191 cm³/mol. The summed E-state index contributed by atoms with van der Waals surface area (Å²) in [5.74, 6) is 0. The molecule has 8 aromatic rings. The molecule has 0 bridgehead atoms. The molecule has 0 amide bonds. The van der Waals surface area contributed by atoms with Gasteiger partial charge in [0.15, 0.2) is 0 Å². The lowest BCUT2D eigenvalue weighted by Crippen LogP contribution is -1.93. The van der Waals surface area contributed by atoms with Gasteiger partial charge in [-0.25, -0.2) is 0 Å². The maximum absolute atomic E-state index is 2.37. The lowest BCUT2D eigenvalue weighted by Gasteiger charge is -2.12. The summed E-state index contributed by atoms with van der Waals surface area (Å²) in [5, 5.41) is 7.66. The molecule has 1 aromatic heterocycles. The quantitative estimate of drug-likeness (QED) is 0.145. The zero-order valence-electron chi connectivity index (χ0n) is 24.6. The van der Waals surface area contributed by atoms with E-state index in [0.717, 1.165) is 0 Å². The van der Waals surface area contributed by atoms with Gasteiger partial charge < -0.3 is 4.57 Å². The number of nitrogens with zero attached hydrogens (tertiary/aromatic N) is 1. The molecule has 0 fully saturated rings. The van der Waals surface area contributed by atoms with Crippen LogP contribution in [0.1, 0.15) is 12.5 Å². The fourth-order valence-corrected chi connectivity index (χ4v) is 6.61. The zero-order chi connectivity index (χ0) is 29.5. The Bertz CT molecular complexity index is 2330. The first kappa shape index (κ1) is 26.0. The molecule has 0 radical (unpaired) electrons. The van der Waals surface area contributed by atoms with Gasteiger partial charge in [-0.1, -0.05) is 127 Å². The van der Waals surface area contributed by atoms with Crippen LogP contribution in [0, 0.1) is 0 Å². The van der Waals surface area contributed by atoms with Crippen LogP contribution in [0.4, 0.5) is 0 Å². The number of hydrogen-bond donors (Lipinski definition) is 0. The molecule has 1 heteroatoms. The van der Waals surface area contributed by atoms with E-state index in [4.69, 9.17) is 0 Å². The smallest absolute Gasteiger partial charge is 0.0541 e. The monoisotopic (exact) mass is 561 g/mol. The van der Waals surface area contributed by atoms with Crippen molar-refractivity contribution in [3.63, 3.8) is 0 Å². The molecule has 44 heavy (non-hydrogen) atoms. The van der Waals surface area contributed by atoms with Crippen molar-refractivity contribution in [2.45, 2.75) is 6.92 Å². The van der Waals surface area contributed by atoms with Crippen molar-refractivity contribution < 1.29 is 0 Å². The fourth-order valence-electron chi connectivity index (χ4n) is 6.61. The van der Waals surface area contributed by atoms with Crippen LogP contribution < -0.4 is 0 Å². The zero-order valence-corrected chi connectivity index (χ0v) is 24.6. The molecule has 1 nitrogen and oxygen atoms in total. The third-order valence-electron chi connectivity index (χ3n) is 8.70. The highest BCUT2D eigenvalue weighted by molar-refractivity contribution is 6.12. The summed E-state index contributed by atoms with van der Waals surface area (Å²) in [5.41, 5.74) is 9.73. The van der Waals surface area contributed by atoms with E-state index in [-0.39, 0.29) is 0 Å². The first-order valence-electron chi connectivity index (χ1n) is 15.2. The Morgan fingerprint density at radius 2 is 1.02 bits per heavy atom. The topological polar surface area (TPSA) is 4.93 Å². The summed E-state index contributed by atoms with van der Waals surface area (Å²) in [7, 11) is 0. The van der Waals surface area contributed by atoms with Crippen LogP contribution in [0.3, 0.4) is 0 Å². The minimum Gasteiger partial charge on any atom is -0.309 e. The number of benzene rings is 7. The summed E-state index contributed by atoms with van der Waals surface area (Å²) in [4.78, 5) is 0. The molecular formula is C43H31N. The van der Waals surface area contributed by atoms with E-state index >= 15 is 0 Å². The number of allylic oxidation sites excluding steroid dienone is 3. The van der Waals surface area contributed by atoms with Crippen molar-refractivity contribution in [1.82, 2.24) is 4.57 Å². The van der Waals surface area contributed by atoms with Crippen LogP contribution in [0.5, 0.6) is 0 Å². The van der Waals surface area contributed by atoms with Crippen LogP contribution in [-0.2, 0) is 0 Å². The Morgan fingerprint density at radius 1 is 0.432 bits per heavy atom. The van der Waals surface area contributed by atoms with Crippen molar-refractivity contribution >= 4 is 49.4 Å². The number of hydrogen-bond acceptors (Lipinski definition) is 0. The van der Waals surface area contributed by atoms with Gasteiger partial charge in [-0.2, -0.15) is 0 Å². The molecule has 0 saturated heterocycles. The second-order valence-electron chi connectivity index (χ2n) is 11.3. The molecule has 7 aromatic carbocycles. The van der Waals surface area contributed by atoms with Crippen molar-refractivity contribution in [3.05, 3.63) is 169 Å². The van der Waals surface area contributed by atoms with Gasteiger partial charge >= 0.3 is 0 Å². The van der Waals surface area contributed by atoms with Crippen molar-refractivity contribution in [2.75, 3.05) is 0 Å². The van der Waals surface area contributed by atoms with Gasteiger partial charge in [0.25, 0.3) is 0 Å². The number of para-hydroxylation sites is 2. The molecule has 208 valence electrons. The number of rotatable bonds is 5.